The van der Waals surface area contributed by atoms with E-state index in [0.717, 1.165) is 26.9 Å². The lowest BCUT2D eigenvalue weighted by Crippen LogP contribution is -2.59. The molecule has 0 bridgehead atoms. The lowest BCUT2D eigenvalue weighted by molar-refractivity contribution is -0.134. The second-order valence-electron chi connectivity index (χ2n) is 11.8. The molecule has 0 unspecified atom stereocenters. The van der Waals surface area contributed by atoms with Gasteiger partial charge < -0.3 is 38.1 Å². The first-order valence-electron chi connectivity index (χ1n) is 16.3. The SMILES string of the molecule is CC(=O)N[C@@H](Cc1cnc[nH]1)C(=O)N[C@H](Cc1ccccc1)C(=O)N[C@@H](CCCN=C(N)N)C(=O)NN(Cc1cccc2ccccc12)C(N)=O. The van der Waals surface area contributed by atoms with Crippen LogP contribution in [-0.4, -0.2) is 75.3 Å². The summed E-state index contributed by atoms with van der Waals surface area (Å²) in [7, 11) is 0. The van der Waals surface area contributed by atoms with Crippen molar-refractivity contribution in [1.29, 1.82) is 0 Å². The molecule has 0 spiro atoms. The first-order valence-corrected chi connectivity index (χ1v) is 16.3. The number of fused-ring (bicyclic) bond motifs is 1. The number of hydrogen-bond acceptors (Lipinski definition) is 7. The van der Waals surface area contributed by atoms with Gasteiger partial charge in [-0.3, -0.25) is 29.6 Å². The van der Waals surface area contributed by atoms with Crippen molar-refractivity contribution in [2.75, 3.05) is 6.54 Å². The second-order valence-corrected chi connectivity index (χ2v) is 11.8. The monoisotopic (exact) mass is 697 g/mol. The normalized spacial score (nSPS) is 12.5. The standard InChI is InChI=1S/C35H43N11O5/c1-22(47)42-30(18-26-19-39-21-41-26)32(49)44-29(17-23-9-3-2-4-10-23)31(48)43-28(15-8-16-40-34(36)37)33(50)45-46(35(38)51)20-25-13-7-12-24-11-5-6-14-27(24)25/h2-7,9-14,19,21,28-30H,8,15-18,20H2,1H3,(H2,38,51)(H,39,41)(H,42,47)(H,43,48)(H,44,49)(H,45,50)(H4,36,37,40)/t28-,29+,30-/m0/s1. The predicted octanol–water partition coefficient (Wildman–Crippen LogP) is 0.488. The minimum absolute atomic E-state index is 0.0509. The largest absolute Gasteiger partial charge is 0.370 e. The molecule has 0 aliphatic rings. The number of aromatic nitrogens is 2. The highest BCUT2D eigenvalue weighted by Crippen LogP contribution is 2.19. The number of amides is 6. The van der Waals surface area contributed by atoms with Crippen LogP contribution in [0, 0.1) is 0 Å². The minimum Gasteiger partial charge on any atom is -0.370 e. The van der Waals surface area contributed by atoms with Crippen LogP contribution in [0.4, 0.5) is 4.79 Å². The summed E-state index contributed by atoms with van der Waals surface area (Å²) in [5, 5.41) is 10.9. The first kappa shape index (κ1) is 37.4. The van der Waals surface area contributed by atoms with E-state index in [1.54, 1.807) is 24.3 Å². The Morgan fingerprint density at radius 1 is 0.804 bits per heavy atom. The molecule has 11 N–H and O–H groups in total. The Balaban J connectivity index is 1.56. The van der Waals surface area contributed by atoms with E-state index in [2.05, 4.69) is 36.3 Å². The summed E-state index contributed by atoms with van der Waals surface area (Å²) < 4.78 is 0. The van der Waals surface area contributed by atoms with Gasteiger partial charge in [-0.2, -0.15) is 0 Å². The fourth-order valence-corrected chi connectivity index (χ4v) is 5.43. The number of hydrogen-bond donors (Lipinski definition) is 8. The van der Waals surface area contributed by atoms with Crippen molar-refractivity contribution in [3.63, 3.8) is 0 Å². The molecule has 0 saturated heterocycles. The van der Waals surface area contributed by atoms with E-state index in [9.17, 15) is 24.0 Å². The van der Waals surface area contributed by atoms with Gasteiger partial charge in [0.15, 0.2) is 5.96 Å². The molecule has 51 heavy (non-hydrogen) atoms. The molecular formula is C35H43N11O5. The van der Waals surface area contributed by atoms with Gasteiger partial charge in [0.05, 0.1) is 12.9 Å². The van der Waals surface area contributed by atoms with Gasteiger partial charge in [-0.05, 0) is 34.7 Å². The van der Waals surface area contributed by atoms with Crippen LogP contribution in [0.5, 0.6) is 0 Å². The maximum Gasteiger partial charge on any atom is 0.333 e. The average molecular weight is 698 g/mol. The van der Waals surface area contributed by atoms with Gasteiger partial charge in [-0.15, -0.1) is 0 Å². The molecular weight excluding hydrogens is 654 g/mol. The third-order valence-electron chi connectivity index (χ3n) is 7.89. The van der Waals surface area contributed by atoms with Crippen molar-refractivity contribution in [2.24, 2.45) is 22.2 Å². The van der Waals surface area contributed by atoms with E-state index >= 15 is 0 Å². The first-order chi connectivity index (χ1) is 24.5. The zero-order chi connectivity index (χ0) is 36.8. The molecule has 0 saturated carbocycles. The van der Waals surface area contributed by atoms with Gasteiger partial charge in [0.2, 0.25) is 17.7 Å². The van der Waals surface area contributed by atoms with Gasteiger partial charge in [0.25, 0.3) is 5.91 Å². The van der Waals surface area contributed by atoms with E-state index < -0.39 is 47.8 Å². The van der Waals surface area contributed by atoms with Gasteiger partial charge in [0.1, 0.15) is 18.1 Å². The summed E-state index contributed by atoms with van der Waals surface area (Å²) in [5.41, 5.74) is 21.2. The molecule has 3 atom stereocenters. The molecule has 4 aromatic rings. The number of benzene rings is 3. The molecule has 1 heterocycles. The van der Waals surface area contributed by atoms with E-state index in [0.29, 0.717) is 5.69 Å². The van der Waals surface area contributed by atoms with Gasteiger partial charge >= 0.3 is 6.03 Å². The molecule has 0 aliphatic carbocycles. The maximum atomic E-state index is 14.0. The van der Waals surface area contributed by atoms with Crippen LogP contribution in [0.1, 0.15) is 36.6 Å². The highest BCUT2D eigenvalue weighted by Gasteiger charge is 2.31. The number of urea groups is 1. The summed E-state index contributed by atoms with van der Waals surface area (Å²) in [4.78, 5) is 76.7. The number of nitrogens with one attached hydrogen (secondary N) is 5. The topological polar surface area (TPSA) is 256 Å². The average Bonchev–Trinajstić information content (AvgIpc) is 3.62. The number of aliphatic imine (C=N–C) groups is 1. The van der Waals surface area contributed by atoms with E-state index in [-0.39, 0.29) is 44.7 Å². The number of nitrogens with two attached hydrogens (primary N) is 3. The van der Waals surface area contributed by atoms with Crippen molar-refractivity contribution in [3.8, 4) is 0 Å². The number of carbonyl (C=O) groups excluding carboxylic acids is 5. The van der Waals surface area contributed by atoms with Crippen LogP contribution < -0.4 is 38.6 Å². The zero-order valence-electron chi connectivity index (χ0n) is 28.2. The lowest BCUT2D eigenvalue weighted by Gasteiger charge is -2.27. The quantitative estimate of drug-likeness (QED) is 0.0353. The molecule has 3 aromatic carbocycles. The van der Waals surface area contributed by atoms with E-state index in [4.69, 9.17) is 17.2 Å². The molecule has 16 heteroatoms. The fourth-order valence-electron chi connectivity index (χ4n) is 5.43. The Bertz CT molecular complexity index is 1820. The number of hydrazine groups is 1. The van der Waals surface area contributed by atoms with Crippen molar-refractivity contribution >= 4 is 46.4 Å². The van der Waals surface area contributed by atoms with Gasteiger partial charge in [-0.25, -0.2) is 14.8 Å². The number of aromatic amines is 1. The van der Waals surface area contributed by atoms with Gasteiger partial charge in [0, 0.05) is 38.2 Å². The third kappa shape index (κ3) is 11.6. The summed E-state index contributed by atoms with van der Waals surface area (Å²) in [6.45, 7) is 1.39. The van der Waals surface area contributed by atoms with Crippen LogP contribution >= 0.6 is 0 Å². The van der Waals surface area contributed by atoms with Crippen molar-refractivity contribution < 1.29 is 24.0 Å². The van der Waals surface area contributed by atoms with Crippen molar-refractivity contribution in [1.82, 2.24) is 36.4 Å². The Morgan fingerprint density at radius 3 is 2.14 bits per heavy atom. The molecule has 4 rings (SSSR count). The molecule has 0 radical (unpaired) electrons. The number of carbonyl (C=O) groups is 5. The van der Waals surface area contributed by atoms with E-state index in [1.807, 2.05) is 48.5 Å². The van der Waals surface area contributed by atoms with Crippen LogP contribution in [0.25, 0.3) is 10.8 Å². The lowest BCUT2D eigenvalue weighted by atomic mass is 10.0. The summed E-state index contributed by atoms with van der Waals surface area (Å²) in [5.74, 6) is -2.62. The van der Waals surface area contributed by atoms with Crippen LogP contribution in [0.2, 0.25) is 0 Å². The second kappa shape index (κ2) is 18.4. The number of H-pyrrole nitrogens is 1. The number of imidazole rings is 1. The van der Waals surface area contributed by atoms with Crippen LogP contribution in [-0.2, 0) is 38.6 Å². The number of rotatable bonds is 16. The Labute approximate surface area is 294 Å². The Hall–Kier alpha value is -6.45. The van der Waals surface area contributed by atoms with Crippen LogP contribution in [0.3, 0.4) is 0 Å². The molecule has 16 nitrogen and oxygen atoms in total. The van der Waals surface area contributed by atoms with Crippen molar-refractivity contribution in [3.05, 3.63) is 102 Å². The highest BCUT2D eigenvalue weighted by molar-refractivity contribution is 5.95. The molecule has 1 aromatic heterocycles. The molecule has 6 amide bonds. The highest BCUT2D eigenvalue weighted by atomic mass is 16.2. The smallest absolute Gasteiger partial charge is 0.333 e. The molecule has 0 fully saturated rings. The number of nitrogens with zero attached hydrogens (tertiary/aromatic N) is 3. The minimum atomic E-state index is -1.20. The molecule has 0 aliphatic heterocycles. The zero-order valence-corrected chi connectivity index (χ0v) is 28.2. The summed E-state index contributed by atoms with van der Waals surface area (Å²) >= 11 is 0. The summed E-state index contributed by atoms with van der Waals surface area (Å²) in [6.07, 6.45) is 3.46. The fraction of sp³-hybridized carbons (Fsp3) is 0.286. The van der Waals surface area contributed by atoms with Gasteiger partial charge in [-0.1, -0.05) is 72.8 Å². The van der Waals surface area contributed by atoms with E-state index in [1.165, 1.54) is 19.4 Å². The predicted molar refractivity (Wildman–Crippen MR) is 191 cm³/mol. The van der Waals surface area contributed by atoms with Crippen LogP contribution in [0.15, 0.2) is 90.3 Å². The summed E-state index contributed by atoms with van der Waals surface area (Å²) in [6, 6.07) is 17.8. The maximum absolute atomic E-state index is 14.0. The Kier molecular flexibility index (Phi) is 13.4. The van der Waals surface area contributed by atoms with Crippen molar-refractivity contribution in [2.45, 2.75) is 57.3 Å². The molecule has 268 valence electrons. The third-order valence-corrected chi connectivity index (χ3v) is 7.89. The number of primary amides is 1. The number of guanidine groups is 1. The Morgan fingerprint density at radius 2 is 1.47 bits per heavy atom.